The number of aromatic nitrogens is 4. The predicted molar refractivity (Wildman–Crippen MR) is 56.9 cm³/mol. The minimum absolute atomic E-state index is 0.0849. The zero-order valence-corrected chi connectivity index (χ0v) is 9.67. The normalized spacial score (nSPS) is 12.4. The molecule has 0 aliphatic heterocycles. The molecule has 0 aliphatic carbocycles. The molecule has 0 saturated heterocycles. The van der Waals surface area contributed by atoms with Gasteiger partial charge in [0.15, 0.2) is 5.82 Å². The zero-order valence-electron chi connectivity index (χ0n) is 9.67. The lowest BCUT2D eigenvalue weighted by Crippen LogP contribution is -2.42. The van der Waals surface area contributed by atoms with Crippen LogP contribution in [0.15, 0.2) is 0 Å². The number of nitrogens with zero attached hydrogens (tertiary/aromatic N) is 3. The maximum Gasteiger partial charge on any atom is 0.326 e. The van der Waals surface area contributed by atoms with Crippen LogP contribution in [0.3, 0.4) is 0 Å². The lowest BCUT2D eigenvalue weighted by atomic mass is 10.0. The third-order valence-corrected chi connectivity index (χ3v) is 2.05. The summed E-state index contributed by atoms with van der Waals surface area (Å²) < 4.78 is 0. The molecule has 17 heavy (non-hydrogen) atoms. The topological polar surface area (TPSA) is 121 Å². The van der Waals surface area contributed by atoms with Crippen LogP contribution in [0.1, 0.15) is 26.1 Å². The molecule has 0 bridgehead atoms. The number of carbonyl (C=O) groups is 2. The van der Waals surface area contributed by atoms with Gasteiger partial charge in [0, 0.05) is 0 Å². The molecule has 1 aromatic rings. The van der Waals surface area contributed by atoms with E-state index in [-0.39, 0.29) is 18.2 Å². The summed E-state index contributed by atoms with van der Waals surface area (Å²) >= 11 is 0. The number of aromatic amines is 1. The van der Waals surface area contributed by atoms with Crippen LogP contribution in [0.5, 0.6) is 0 Å². The number of nitrogens with one attached hydrogen (secondary N) is 2. The summed E-state index contributed by atoms with van der Waals surface area (Å²) in [6.45, 7) is 3.78. The van der Waals surface area contributed by atoms with E-state index < -0.39 is 17.9 Å². The van der Waals surface area contributed by atoms with Crippen molar-refractivity contribution in [3.8, 4) is 0 Å². The summed E-state index contributed by atoms with van der Waals surface area (Å²) in [6.07, 6.45) is 0.297. The third-order valence-electron chi connectivity index (χ3n) is 2.05. The maximum atomic E-state index is 11.5. The fraction of sp³-hybridized carbons (Fsp3) is 0.667. The maximum absolute atomic E-state index is 11.5. The molecule has 8 heteroatoms. The van der Waals surface area contributed by atoms with E-state index in [0.717, 1.165) is 0 Å². The Morgan fingerprint density at radius 2 is 2.18 bits per heavy atom. The second-order valence-corrected chi connectivity index (χ2v) is 4.09. The summed E-state index contributed by atoms with van der Waals surface area (Å²) in [5.41, 5.74) is 0. The van der Waals surface area contributed by atoms with Crippen molar-refractivity contribution in [2.24, 2.45) is 5.92 Å². The average Bonchev–Trinajstić information content (AvgIpc) is 2.68. The van der Waals surface area contributed by atoms with Gasteiger partial charge in [0.2, 0.25) is 5.91 Å². The summed E-state index contributed by atoms with van der Waals surface area (Å²) in [7, 11) is 0. The molecule has 1 unspecified atom stereocenters. The Balaban J connectivity index is 2.49. The van der Waals surface area contributed by atoms with Gasteiger partial charge < -0.3 is 10.4 Å². The van der Waals surface area contributed by atoms with E-state index in [4.69, 9.17) is 5.11 Å². The first kappa shape index (κ1) is 13.1. The van der Waals surface area contributed by atoms with E-state index in [1.165, 1.54) is 0 Å². The largest absolute Gasteiger partial charge is 0.480 e. The highest BCUT2D eigenvalue weighted by Gasteiger charge is 2.21. The Morgan fingerprint density at radius 1 is 1.47 bits per heavy atom. The monoisotopic (exact) mass is 241 g/mol. The highest BCUT2D eigenvalue weighted by atomic mass is 16.4. The van der Waals surface area contributed by atoms with Crippen molar-refractivity contribution in [1.29, 1.82) is 0 Å². The van der Waals surface area contributed by atoms with Crippen LogP contribution in [0.2, 0.25) is 0 Å². The van der Waals surface area contributed by atoms with Crippen molar-refractivity contribution in [3.63, 3.8) is 0 Å². The molecule has 0 saturated carbocycles. The van der Waals surface area contributed by atoms with Crippen molar-refractivity contribution in [2.45, 2.75) is 32.7 Å². The number of carbonyl (C=O) groups excluding carboxylic acids is 1. The highest BCUT2D eigenvalue weighted by molar-refractivity contribution is 5.84. The molecule has 0 aliphatic rings. The molecule has 1 aromatic heterocycles. The van der Waals surface area contributed by atoms with Crippen LogP contribution in [0.25, 0.3) is 0 Å². The molecule has 0 radical (unpaired) electrons. The van der Waals surface area contributed by atoms with Crippen LogP contribution in [-0.2, 0) is 16.0 Å². The predicted octanol–water partition coefficient (Wildman–Crippen LogP) is -0.642. The molecule has 0 fully saturated rings. The number of hydrogen-bond acceptors (Lipinski definition) is 5. The summed E-state index contributed by atoms with van der Waals surface area (Å²) in [4.78, 5) is 22.4. The number of aliphatic carboxylic acids is 1. The van der Waals surface area contributed by atoms with Crippen LogP contribution in [0.4, 0.5) is 0 Å². The Morgan fingerprint density at radius 3 is 2.65 bits per heavy atom. The fourth-order valence-corrected chi connectivity index (χ4v) is 1.34. The molecule has 8 nitrogen and oxygen atoms in total. The van der Waals surface area contributed by atoms with Gasteiger partial charge in [-0.3, -0.25) is 4.79 Å². The summed E-state index contributed by atoms with van der Waals surface area (Å²) in [6, 6.07) is -0.880. The first-order chi connectivity index (χ1) is 7.99. The first-order valence-corrected chi connectivity index (χ1v) is 5.23. The number of H-pyrrole nitrogens is 1. The number of hydrogen-bond donors (Lipinski definition) is 3. The van der Waals surface area contributed by atoms with E-state index in [1.807, 2.05) is 13.8 Å². The number of rotatable bonds is 6. The molecule has 1 rings (SSSR count). The van der Waals surface area contributed by atoms with Gasteiger partial charge in [0.1, 0.15) is 6.04 Å². The minimum atomic E-state index is -1.04. The van der Waals surface area contributed by atoms with Crippen molar-refractivity contribution in [2.75, 3.05) is 0 Å². The van der Waals surface area contributed by atoms with Gasteiger partial charge in [-0.2, -0.15) is 5.21 Å². The van der Waals surface area contributed by atoms with Crippen molar-refractivity contribution in [3.05, 3.63) is 5.82 Å². The molecule has 94 valence electrons. The van der Waals surface area contributed by atoms with E-state index in [1.54, 1.807) is 0 Å². The molecule has 0 spiro atoms. The van der Waals surface area contributed by atoms with Crippen LogP contribution in [-0.4, -0.2) is 43.6 Å². The number of tetrazole rings is 1. The van der Waals surface area contributed by atoms with Gasteiger partial charge in [-0.05, 0) is 12.3 Å². The van der Waals surface area contributed by atoms with Crippen LogP contribution in [0, 0.1) is 5.92 Å². The fourth-order valence-electron chi connectivity index (χ4n) is 1.34. The summed E-state index contributed by atoms with van der Waals surface area (Å²) in [5, 5.41) is 24.1. The molecular formula is C9H15N5O3. The standard InChI is InChI=1S/C9H15N5O3/c1-5(2)3-6(9(16)17)10-8(15)4-7-11-13-14-12-7/h5-6H,3-4H2,1-2H3,(H,10,15)(H,16,17)(H,11,12,13,14). The van der Waals surface area contributed by atoms with Crippen LogP contribution < -0.4 is 5.32 Å². The van der Waals surface area contributed by atoms with Gasteiger partial charge in [-0.25, -0.2) is 4.79 Å². The summed E-state index contributed by atoms with van der Waals surface area (Å²) in [5.74, 6) is -1.06. The number of carboxylic acids is 1. The lowest BCUT2D eigenvalue weighted by Gasteiger charge is -2.15. The van der Waals surface area contributed by atoms with E-state index in [9.17, 15) is 9.59 Å². The van der Waals surface area contributed by atoms with E-state index in [0.29, 0.717) is 6.42 Å². The zero-order chi connectivity index (χ0) is 12.8. The number of carboxylic acid groups (broad SMARTS) is 1. The molecule has 3 N–H and O–H groups in total. The molecule has 1 amide bonds. The molecule has 1 heterocycles. The SMILES string of the molecule is CC(C)CC(NC(=O)Cc1nn[nH]n1)C(=O)O. The molecule has 1 atom stereocenters. The van der Waals surface area contributed by atoms with Crippen molar-refractivity contribution in [1.82, 2.24) is 25.9 Å². The Labute approximate surface area is 97.8 Å². The average molecular weight is 241 g/mol. The quantitative estimate of drug-likeness (QED) is 0.609. The Kier molecular flexibility index (Phi) is 4.56. The lowest BCUT2D eigenvalue weighted by molar-refractivity contribution is -0.142. The second-order valence-electron chi connectivity index (χ2n) is 4.09. The van der Waals surface area contributed by atoms with Crippen LogP contribution >= 0.6 is 0 Å². The van der Waals surface area contributed by atoms with Gasteiger partial charge in [-0.15, -0.1) is 10.2 Å². The number of amides is 1. The van der Waals surface area contributed by atoms with Gasteiger partial charge in [0.05, 0.1) is 6.42 Å². The molecule has 0 aromatic carbocycles. The van der Waals surface area contributed by atoms with Crippen molar-refractivity contribution >= 4 is 11.9 Å². The molecular weight excluding hydrogens is 226 g/mol. The minimum Gasteiger partial charge on any atom is -0.480 e. The smallest absolute Gasteiger partial charge is 0.326 e. The first-order valence-electron chi connectivity index (χ1n) is 5.23. The van der Waals surface area contributed by atoms with Gasteiger partial charge in [-0.1, -0.05) is 19.1 Å². The van der Waals surface area contributed by atoms with Crippen molar-refractivity contribution < 1.29 is 14.7 Å². The Hall–Kier alpha value is -1.99. The van der Waals surface area contributed by atoms with E-state index in [2.05, 4.69) is 25.9 Å². The Bertz CT molecular complexity index is 376. The van der Waals surface area contributed by atoms with Gasteiger partial charge in [0.25, 0.3) is 0 Å². The second kappa shape index (κ2) is 5.92. The highest BCUT2D eigenvalue weighted by Crippen LogP contribution is 2.05. The van der Waals surface area contributed by atoms with E-state index >= 15 is 0 Å². The van der Waals surface area contributed by atoms with Gasteiger partial charge >= 0.3 is 5.97 Å². The third kappa shape index (κ3) is 4.58.